The van der Waals surface area contributed by atoms with E-state index in [0.29, 0.717) is 6.07 Å². The first-order chi connectivity index (χ1) is 8.48. The highest BCUT2D eigenvalue weighted by molar-refractivity contribution is 7.89. The molecule has 0 aliphatic carbocycles. The van der Waals surface area contributed by atoms with Gasteiger partial charge in [0.1, 0.15) is 0 Å². The molecular weight excluding hydrogens is 272 g/mol. The SMILES string of the molecule is CC(N(C)S(=O)(=O)c1ccc(F)c(F)c1)C(C)(C)C. The predicted octanol–water partition coefficient (Wildman–Crippen LogP) is 3.02. The second-order valence-corrected chi connectivity index (χ2v) is 7.64. The summed E-state index contributed by atoms with van der Waals surface area (Å²) in [5, 5.41) is 0. The van der Waals surface area contributed by atoms with Gasteiger partial charge in [0, 0.05) is 13.1 Å². The lowest BCUT2D eigenvalue weighted by atomic mass is 9.88. The van der Waals surface area contributed by atoms with E-state index in [1.165, 1.54) is 11.4 Å². The molecule has 108 valence electrons. The highest BCUT2D eigenvalue weighted by atomic mass is 32.2. The fourth-order valence-electron chi connectivity index (χ4n) is 1.56. The highest BCUT2D eigenvalue weighted by Gasteiger charge is 2.32. The van der Waals surface area contributed by atoms with Crippen LogP contribution in [0.5, 0.6) is 0 Å². The van der Waals surface area contributed by atoms with Crippen LogP contribution in [-0.4, -0.2) is 25.8 Å². The Labute approximate surface area is 113 Å². The number of hydrogen-bond acceptors (Lipinski definition) is 2. The minimum atomic E-state index is -3.83. The van der Waals surface area contributed by atoms with Crippen molar-refractivity contribution in [2.45, 2.75) is 38.6 Å². The second kappa shape index (κ2) is 5.17. The van der Waals surface area contributed by atoms with Gasteiger partial charge in [-0.15, -0.1) is 0 Å². The summed E-state index contributed by atoms with van der Waals surface area (Å²) in [6.45, 7) is 7.51. The van der Waals surface area contributed by atoms with Crippen molar-refractivity contribution in [1.29, 1.82) is 0 Å². The molecule has 1 aromatic rings. The van der Waals surface area contributed by atoms with Gasteiger partial charge in [-0.1, -0.05) is 20.8 Å². The van der Waals surface area contributed by atoms with E-state index in [4.69, 9.17) is 0 Å². The molecule has 0 aliphatic heterocycles. The Kier molecular flexibility index (Phi) is 4.37. The third-order valence-corrected chi connectivity index (χ3v) is 5.29. The Hall–Kier alpha value is -1.01. The number of hydrogen-bond donors (Lipinski definition) is 0. The predicted molar refractivity (Wildman–Crippen MR) is 70.2 cm³/mol. The van der Waals surface area contributed by atoms with Gasteiger partial charge in [-0.2, -0.15) is 4.31 Å². The molecule has 0 saturated heterocycles. The van der Waals surface area contributed by atoms with Crippen LogP contribution < -0.4 is 0 Å². The van der Waals surface area contributed by atoms with Gasteiger partial charge < -0.3 is 0 Å². The Balaban J connectivity index is 3.20. The maximum Gasteiger partial charge on any atom is 0.243 e. The smallest absolute Gasteiger partial charge is 0.207 e. The molecule has 1 unspecified atom stereocenters. The molecule has 0 amide bonds. The maximum absolute atomic E-state index is 13.2. The van der Waals surface area contributed by atoms with Gasteiger partial charge in [0.2, 0.25) is 10.0 Å². The van der Waals surface area contributed by atoms with E-state index in [1.54, 1.807) is 6.92 Å². The van der Waals surface area contributed by atoms with Gasteiger partial charge >= 0.3 is 0 Å². The number of halogens is 2. The van der Waals surface area contributed by atoms with E-state index in [9.17, 15) is 17.2 Å². The third kappa shape index (κ3) is 3.30. The van der Waals surface area contributed by atoms with E-state index >= 15 is 0 Å². The fourth-order valence-corrected chi connectivity index (χ4v) is 3.11. The van der Waals surface area contributed by atoms with Crippen LogP contribution in [-0.2, 0) is 10.0 Å². The summed E-state index contributed by atoms with van der Waals surface area (Å²) in [4.78, 5) is -0.245. The summed E-state index contributed by atoms with van der Waals surface area (Å²) in [5.74, 6) is -2.23. The zero-order chi connectivity index (χ0) is 15.0. The first-order valence-corrected chi connectivity index (χ1v) is 7.35. The number of rotatable bonds is 3. The van der Waals surface area contributed by atoms with Crippen molar-refractivity contribution in [1.82, 2.24) is 4.31 Å². The van der Waals surface area contributed by atoms with Crippen LogP contribution in [0.4, 0.5) is 8.78 Å². The van der Waals surface area contributed by atoms with Crippen molar-refractivity contribution in [3.8, 4) is 0 Å². The Morgan fingerprint density at radius 2 is 1.68 bits per heavy atom. The molecule has 19 heavy (non-hydrogen) atoms. The molecule has 0 N–H and O–H groups in total. The summed E-state index contributed by atoms with van der Waals surface area (Å²) in [5.41, 5.74) is -0.263. The molecule has 1 atom stereocenters. The Bertz CT molecular complexity index is 564. The van der Waals surface area contributed by atoms with Gasteiger partial charge in [-0.3, -0.25) is 0 Å². The van der Waals surface area contributed by atoms with Gasteiger partial charge in [0.05, 0.1) is 4.90 Å². The average Bonchev–Trinajstić information content (AvgIpc) is 2.29. The molecule has 1 aromatic carbocycles. The Morgan fingerprint density at radius 3 is 2.11 bits per heavy atom. The monoisotopic (exact) mass is 291 g/mol. The van der Waals surface area contributed by atoms with Crippen LogP contribution in [0.25, 0.3) is 0 Å². The first-order valence-electron chi connectivity index (χ1n) is 5.91. The van der Waals surface area contributed by atoms with Crippen LogP contribution in [0, 0.1) is 17.0 Å². The molecule has 0 fully saturated rings. The molecule has 0 bridgehead atoms. The molecule has 3 nitrogen and oxygen atoms in total. The van der Waals surface area contributed by atoms with Crippen LogP contribution >= 0.6 is 0 Å². The average molecular weight is 291 g/mol. The second-order valence-electron chi connectivity index (χ2n) is 5.64. The van der Waals surface area contributed by atoms with Crippen LogP contribution in [0.1, 0.15) is 27.7 Å². The van der Waals surface area contributed by atoms with Crippen molar-refractivity contribution in [3.05, 3.63) is 29.8 Å². The highest BCUT2D eigenvalue weighted by Crippen LogP contribution is 2.28. The molecule has 0 heterocycles. The van der Waals surface area contributed by atoms with E-state index < -0.39 is 21.7 Å². The summed E-state index contributed by atoms with van der Waals surface area (Å²) < 4.78 is 51.8. The van der Waals surface area contributed by atoms with Crippen LogP contribution in [0.15, 0.2) is 23.1 Å². The minimum Gasteiger partial charge on any atom is -0.207 e. The normalized spacial score (nSPS) is 14.7. The van der Waals surface area contributed by atoms with Crippen molar-refractivity contribution in [2.75, 3.05) is 7.05 Å². The number of benzene rings is 1. The molecule has 1 rings (SSSR count). The largest absolute Gasteiger partial charge is 0.243 e. The van der Waals surface area contributed by atoms with Crippen molar-refractivity contribution >= 4 is 10.0 Å². The summed E-state index contributed by atoms with van der Waals surface area (Å²) in [6.07, 6.45) is 0. The van der Waals surface area contributed by atoms with E-state index in [0.717, 1.165) is 12.1 Å². The van der Waals surface area contributed by atoms with Gasteiger partial charge in [-0.05, 0) is 30.5 Å². The summed E-state index contributed by atoms with van der Waals surface area (Å²) in [6, 6.07) is 2.30. The van der Waals surface area contributed by atoms with E-state index in [1.807, 2.05) is 20.8 Å². The summed E-state index contributed by atoms with van der Waals surface area (Å²) >= 11 is 0. The lowest BCUT2D eigenvalue weighted by molar-refractivity contribution is 0.216. The van der Waals surface area contributed by atoms with Gasteiger partial charge in [0.25, 0.3) is 0 Å². The van der Waals surface area contributed by atoms with Gasteiger partial charge in [-0.25, -0.2) is 17.2 Å². The zero-order valence-electron chi connectivity index (χ0n) is 11.7. The standard InChI is InChI=1S/C13H19F2NO2S/c1-9(13(2,3)4)16(5)19(17,18)10-6-7-11(14)12(15)8-10/h6-9H,1-5H3. The van der Waals surface area contributed by atoms with Crippen LogP contribution in [0.3, 0.4) is 0 Å². The molecule has 0 radical (unpaired) electrons. The third-order valence-electron chi connectivity index (χ3n) is 3.37. The lowest BCUT2D eigenvalue weighted by Crippen LogP contribution is -2.42. The summed E-state index contributed by atoms with van der Waals surface area (Å²) in [7, 11) is -2.40. The van der Waals surface area contributed by atoms with Crippen molar-refractivity contribution < 1.29 is 17.2 Å². The first kappa shape index (κ1) is 16.0. The molecule has 0 saturated carbocycles. The Morgan fingerprint density at radius 1 is 1.16 bits per heavy atom. The topological polar surface area (TPSA) is 37.4 Å². The molecular formula is C13H19F2NO2S. The molecule has 0 spiro atoms. The lowest BCUT2D eigenvalue weighted by Gasteiger charge is -2.34. The zero-order valence-corrected chi connectivity index (χ0v) is 12.6. The maximum atomic E-state index is 13.2. The number of nitrogens with zero attached hydrogens (tertiary/aromatic N) is 1. The van der Waals surface area contributed by atoms with E-state index in [2.05, 4.69) is 0 Å². The molecule has 0 aromatic heterocycles. The fraction of sp³-hybridized carbons (Fsp3) is 0.538. The quantitative estimate of drug-likeness (QED) is 0.858. The molecule has 0 aliphatic rings. The molecule has 6 heteroatoms. The minimum absolute atomic E-state index is 0.245. The van der Waals surface area contributed by atoms with Gasteiger partial charge in [0.15, 0.2) is 11.6 Å². The van der Waals surface area contributed by atoms with E-state index in [-0.39, 0.29) is 16.4 Å². The number of sulfonamides is 1. The van der Waals surface area contributed by atoms with Crippen molar-refractivity contribution in [2.24, 2.45) is 5.41 Å². The van der Waals surface area contributed by atoms with Crippen molar-refractivity contribution in [3.63, 3.8) is 0 Å². The van der Waals surface area contributed by atoms with Crippen LogP contribution in [0.2, 0.25) is 0 Å².